The zero-order valence-electron chi connectivity index (χ0n) is 4.73. The fourth-order valence-corrected chi connectivity index (χ4v) is 0.461. The van der Waals surface area contributed by atoms with Crippen molar-refractivity contribution in [3.05, 3.63) is 18.7 Å². The third-order valence-electron chi connectivity index (χ3n) is 0.901. The molecule has 0 amide bonds. The van der Waals surface area contributed by atoms with Gasteiger partial charge in [-0.15, -0.1) is 5.10 Å². The molecule has 5 heteroatoms. The van der Waals surface area contributed by atoms with Crippen LogP contribution in [-0.4, -0.2) is 15.5 Å². The molecular formula is C4H7N5. The van der Waals surface area contributed by atoms with Gasteiger partial charge in [0.05, 0.1) is 0 Å². The van der Waals surface area contributed by atoms with Crippen LogP contribution in [0.3, 0.4) is 0 Å². The highest BCUT2D eigenvalue weighted by Crippen LogP contribution is 1.79. The van der Waals surface area contributed by atoms with Crippen molar-refractivity contribution in [1.29, 1.82) is 0 Å². The first-order chi connectivity index (χ1) is 4.34. The average Bonchev–Trinajstić information content (AvgIpc) is 2.37. The minimum Gasteiger partial charge on any atom is -0.368 e. The van der Waals surface area contributed by atoms with Crippen molar-refractivity contribution in [2.24, 2.45) is 16.7 Å². The van der Waals surface area contributed by atoms with Gasteiger partial charge < -0.3 is 11.6 Å². The Balaban J connectivity index is 2.90. The normalized spacial score (nSPS) is 11.8. The Bertz CT molecular complexity index is 199. The highest BCUT2D eigenvalue weighted by molar-refractivity contribution is 5.79. The lowest BCUT2D eigenvalue weighted by Crippen LogP contribution is -2.22. The molecule has 5 nitrogen and oxygen atoms in total. The fourth-order valence-electron chi connectivity index (χ4n) is 0.461. The molecule has 0 saturated heterocycles. The molecule has 1 aromatic heterocycles. The van der Waals surface area contributed by atoms with Gasteiger partial charge in [0, 0.05) is 12.4 Å². The summed E-state index contributed by atoms with van der Waals surface area (Å²) >= 11 is 0. The van der Waals surface area contributed by atoms with E-state index in [0.717, 1.165) is 0 Å². The second-order valence-corrected chi connectivity index (χ2v) is 1.46. The van der Waals surface area contributed by atoms with E-state index in [1.165, 1.54) is 10.9 Å². The first-order valence-electron chi connectivity index (χ1n) is 2.36. The highest BCUT2D eigenvalue weighted by Gasteiger charge is 1.89. The Labute approximate surface area is 52.0 Å². The van der Waals surface area contributed by atoms with E-state index in [9.17, 15) is 0 Å². The third kappa shape index (κ3) is 0.987. The summed E-state index contributed by atoms with van der Waals surface area (Å²) in [6, 6.07) is 0. The van der Waals surface area contributed by atoms with Crippen LogP contribution in [0.4, 0.5) is 0 Å². The maximum Gasteiger partial charge on any atom is 0.222 e. The van der Waals surface area contributed by atoms with Crippen molar-refractivity contribution in [3.8, 4) is 0 Å². The summed E-state index contributed by atoms with van der Waals surface area (Å²) in [6.45, 7) is 0. The molecular weight excluding hydrogens is 118 g/mol. The Hall–Kier alpha value is -1.52. The third-order valence-corrected chi connectivity index (χ3v) is 0.901. The van der Waals surface area contributed by atoms with Gasteiger partial charge in [-0.25, -0.2) is 4.98 Å². The predicted molar refractivity (Wildman–Crippen MR) is 33.4 cm³/mol. The molecule has 0 fully saturated rings. The summed E-state index contributed by atoms with van der Waals surface area (Å²) in [5.41, 5.74) is 5.29. The number of hydrazone groups is 1. The molecule has 0 unspecified atom stereocenters. The van der Waals surface area contributed by atoms with Gasteiger partial charge in [0.25, 0.3) is 0 Å². The van der Waals surface area contributed by atoms with E-state index in [0.29, 0.717) is 0 Å². The van der Waals surface area contributed by atoms with Crippen LogP contribution in [0.5, 0.6) is 0 Å². The van der Waals surface area contributed by atoms with Crippen LogP contribution in [0, 0.1) is 0 Å². The molecule has 0 aliphatic rings. The van der Waals surface area contributed by atoms with Gasteiger partial charge in [0.1, 0.15) is 6.33 Å². The molecule has 1 rings (SSSR count). The molecule has 0 radical (unpaired) electrons. The Morgan fingerprint density at radius 1 is 1.67 bits per heavy atom. The Kier molecular flexibility index (Phi) is 1.35. The molecule has 0 aliphatic heterocycles. The van der Waals surface area contributed by atoms with Gasteiger partial charge in [0.15, 0.2) is 0 Å². The summed E-state index contributed by atoms with van der Waals surface area (Å²) in [5.74, 6) is 5.11. The molecule has 0 spiro atoms. The van der Waals surface area contributed by atoms with Crippen LogP contribution >= 0.6 is 0 Å². The van der Waals surface area contributed by atoms with Crippen LogP contribution in [0.2, 0.25) is 0 Å². The van der Waals surface area contributed by atoms with Crippen LogP contribution in [0.1, 0.15) is 0 Å². The minimum absolute atomic E-state index is 0.229. The molecule has 48 valence electrons. The quantitative estimate of drug-likeness (QED) is 0.200. The number of rotatable bonds is 0. The fraction of sp³-hybridized carbons (Fsp3) is 0. The van der Waals surface area contributed by atoms with E-state index in [-0.39, 0.29) is 5.96 Å². The molecule has 1 aromatic rings. The zero-order valence-corrected chi connectivity index (χ0v) is 4.73. The number of hydrogen-bond donors (Lipinski definition) is 2. The number of nitrogens with two attached hydrogens (primary N) is 2. The second kappa shape index (κ2) is 2.17. The maximum absolute atomic E-state index is 5.29. The smallest absolute Gasteiger partial charge is 0.222 e. The molecule has 1 heterocycles. The summed E-state index contributed by atoms with van der Waals surface area (Å²) in [6.07, 6.45) is 4.77. The zero-order chi connectivity index (χ0) is 6.69. The van der Waals surface area contributed by atoms with Crippen molar-refractivity contribution >= 4 is 5.96 Å². The van der Waals surface area contributed by atoms with Gasteiger partial charge in [-0.05, 0) is 0 Å². The average molecular weight is 125 g/mol. The SMILES string of the molecule is N/N=C(/N)n1ccnc1. The van der Waals surface area contributed by atoms with Gasteiger partial charge in [-0.3, -0.25) is 4.57 Å². The molecule has 4 N–H and O–H groups in total. The summed E-state index contributed by atoms with van der Waals surface area (Å²) in [7, 11) is 0. The molecule has 0 saturated carbocycles. The number of imidazole rings is 1. The summed E-state index contributed by atoms with van der Waals surface area (Å²) in [4.78, 5) is 3.74. The lowest BCUT2D eigenvalue weighted by atomic mass is 10.8. The lowest BCUT2D eigenvalue weighted by molar-refractivity contribution is 1.06. The van der Waals surface area contributed by atoms with Crippen molar-refractivity contribution < 1.29 is 0 Å². The van der Waals surface area contributed by atoms with E-state index in [1.54, 1.807) is 12.4 Å². The maximum atomic E-state index is 5.29. The highest BCUT2D eigenvalue weighted by atomic mass is 15.3. The van der Waals surface area contributed by atoms with Gasteiger partial charge in [-0.2, -0.15) is 0 Å². The van der Waals surface area contributed by atoms with Gasteiger partial charge >= 0.3 is 0 Å². The van der Waals surface area contributed by atoms with Crippen LogP contribution < -0.4 is 11.6 Å². The van der Waals surface area contributed by atoms with E-state index >= 15 is 0 Å². The number of aromatic nitrogens is 2. The Morgan fingerprint density at radius 2 is 2.44 bits per heavy atom. The van der Waals surface area contributed by atoms with Gasteiger partial charge in [-0.1, -0.05) is 0 Å². The topological polar surface area (TPSA) is 82.2 Å². The van der Waals surface area contributed by atoms with Crippen molar-refractivity contribution in [3.63, 3.8) is 0 Å². The van der Waals surface area contributed by atoms with Crippen LogP contribution in [0.15, 0.2) is 23.8 Å². The number of hydrogen-bond acceptors (Lipinski definition) is 3. The van der Waals surface area contributed by atoms with Crippen molar-refractivity contribution in [2.75, 3.05) is 0 Å². The predicted octanol–water partition coefficient (Wildman–Crippen LogP) is -1.08. The van der Waals surface area contributed by atoms with E-state index in [4.69, 9.17) is 11.6 Å². The summed E-state index contributed by atoms with van der Waals surface area (Å²) < 4.78 is 1.51. The molecule has 0 aromatic carbocycles. The minimum atomic E-state index is 0.229. The molecule has 0 bridgehead atoms. The molecule has 0 aliphatic carbocycles. The number of nitrogens with zero attached hydrogens (tertiary/aromatic N) is 3. The molecule has 0 atom stereocenters. The van der Waals surface area contributed by atoms with Gasteiger partial charge in [0.2, 0.25) is 5.96 Å². The van der Waals surface area contributed by atoms with E-state index in [1.807, 2.05) is 0 Å². The first-order valence-corrected chi connectivity index (χ1v) is 2.36. The van der Waals surface area contributed by atoms with E-state index in [2.05, 4.69) is 10.1 Å². The van der Waals surface area contributed by atoms with Crippen LogP contribution in [-0.2, 0) is 0 Å². The largest absolute Gasteiger partial charge is 0.368 e. The lowest BCUT2D eigenvalue weighted by Gasteiger charge is -1.94. The standard InChI is InChI=1S/C4H7N5/c5-4(8-6)9-2-1-7-3-9/h1-3H,6H2,(H2,5,8). The Morgan fingerprint density at radius 3 is 2.89 bits per heavy atom. The van der Waals surface area contributed by atoms with Crippen molar-refractivity contribution in [1.82, 2.24) is 9.55 Å². The first kappa shape index (κ1) is 5.61. The molecule has 9 heavy (non-hydrogen) atoms. The summed E-state index contributed by atoms with van der Waals surface area (Å²) in [5, 5.41) is 3.25. The monoisotopic (exact) mass is 125 g/mol. The van der Waals surface area contributed by atoms with Crippen LogP contribution in [0.25, 0.3) is 0 Å². The van der Waals surface area contributed by atoms with E-state index < -0.39 is 0 Å². The second-order valence-electron chi connectivity index (χ2n) is 1.46. The van der Waals surface area contributed by atoms with Crippen molar-refractivity contribution in [2.45, 2.75) is 0 Å².